The minimum atomic E-state index is -3.59. The monoisotopic (exact) mass is 611 g/mol. The van der Waals surface area contributed by atoms with Crippen LogP contribution in [0.15, 0.2) is 12.7 Å². The molecule has 0 bridgehead atoms. The van der Waals surface area contributed by atoms with Crippen LogP contribution < -0.4 is 10.8 Å². The fourth-order valence-corrected chi connectivity index (χ4v) is 7.95. The molecule has 1 aliphatic rings. The Hall–Kier alpha value is -2.15. The van der Waals surface area contributed by atoms with Crippen molar-refractivity contribution < 1.29 is 28.7 Å². The lowest BCUT2D eigenvalue weighted by atomic mass is 10.1. The Balaban J connectivity index is 1.76. The van der Waals surface area contributed by atoms with Crippen molar-refractivity contribution in [3.63, 3.8) is 0 Å². The second kappa shape index (κ2) is 16.1. The summed E-state index contributed by atoms with van der Waals surface area (Å²) < 4.78 is 35.8. The number of hydrogen-bond acceptors (Lipinski definition) is 10. The number of hydrogen-bond donors (Lipinski definition) is 3. The molecule has 0 spiro atoms. The number of aliphatic hydroxyl groups is 1. The lowest BCUT2D eigenvalue weighted by Crippen LogP contribution is -2.53. The van der Waals surface area contributed by atoms with E-state index in [-0.39, 0.29) is 12.3 Å². The van der Waals surface area contributed by atoms with Gasteiger partial charge in [0.25, 0.3) is 0 Å². The van der Waals surface area contributed by atoms with Crippen molar-refractivity contribution >= 4 is 30.4 Å². The molecule has 238 valence electrons. The summed E-state index contributed by atoms with van der Waals surface area (Å²) in [4.78, 5) is 25.7. The second-order valence-corrected chi connectivity index (χ2v) is 14.0. The first-order chi connectivity index (χ1) is 20.0. The highest BCUT2D eigenvalue weighted by Crippen LogP contribution is 2.52. The van der Waals surface area contributed by atoms with Crippen LogP contribution in [0.2, 0.25) is 0 Å². The molecule has 4 atom stereocenters. The van der Waals surface area contributed by atoms with Gasteiger partial charge in [-0.05, 0) is 46.5 Å². The first kappa shape index (κ1) is 34.3. The van der Waals surface area contributed by atoms with Gasteiger partial charge in [0.1, 0.15) is 24.2 Å². The fourth-order valence-electron chi connectivity index (χ4n) is 5.02. The molecule has 3 heterocycles. The molecule has 0 amide bonds. The third-order valence-corrected chi connectivity index (χ3v) is 10.2. The Kier molecular flexibility index (Phi) is 13.1. The van der Waals surface area contributed by atoms with E-state index in [2.05, 4.69) is 33.9 Å². The molecule has 0 radical (unpaired) electrons. The Morgan fingerprint density at radius 1 is 1.17 bits per heavy atom. The first-order valence-corrected chi connectivity index (χ1v) is 17.0. The third-order valence-electron chi connectivity index (χ3n) is 7.43. The van der Waals surface area contributed by atoms with E-state index in [1.165, 1.54) is 6.33 Å². The van der Waals surface area contributed by atoms with E-state index in [1.807, 2.05) is 6.92 Å². The number of carbonyl (C=O) groups excluding carboxylic acids is 1. The van der Waals surface area contributed by atoms with Gasteiger partial charge in [-0.3, -0.25) is 9.36 Å². The lowest BCUT2D eigenvalue weighted by Gasteiger charge is -2.40. The Labute approximate surface area is 249 Å². The van der Waals surface area contributed by atoms with E-state index in [9.17, 15) is 14.5 Å². The summed E-state index contributed by atoms with van der Waals surface area (Å²) >= 11 is 0. The molecule has 4 N–H and O–H groups in total. The zero-order valence-electron chi connectivity index (χ0n) is 25.8. The van der Waals surface area contributed by atoms with Crippen molar-refractivity contribution in [2.45, 2.75) is 117 Å². The predicted molar refractivity (Wildman–Crippen MR) is 162 cm³/mol. The van der Waals surface area contributed by atoms with Gasteiger partial charge in [0.2, 0.25) is 7.44 Å². The molecule has 14 heteroatoms. The average molecular weight is 612 g/mol. The predicted octanol–water partition coefficient (Wildman–Crippen LogP) is 4.06. The number of unbranched alkanes of at least 4 members (excludes halogenated alkanes) is 4. The highest BCUT2D eigenvalue weighted by molar-refractivity contribution is 7.59. The number of rotatable bonds is 19. The molecule has 1 fully saturated rings. The number of esters is 1. The summed E-state index contributed by atoms with van der Waals surface area (Å²) in [6.45, 7) is 11.1. The van der Waals surface area contributed by atoms with Crippen LogP contribution in [0.4, 0.5) is 5.82 Å². The Morgan fingerprint density at radius 2 is 1.88 bits per heavy atom. The van der Waals surface area contributed by atoms with Gasteiger partial charge in [-0.25, -0.2) is 24.7 Å². The van der Waals surface area contributed by atoms with Crippen LogP contribution in [0.3, 0.4) is 0 Å². The zero-order chi connectivity index (χ0) is 30.8. The molecule has 1 unspecified atom stereocenters. The van der Waals surface area contributed by atoms with Crippen LogP contribution in [0, 0.1) is 0 Å². The molecule has 1 aliphatic heterocycles. The molecular formula is C28H50N7O6P. The van der Waals surface area contributed by atoms with E-state index in [0.717, 1.165) is 38.5 Å². The first-order valence-electron chi connectivity index (χ1n) is 15.2. The van der Waals surface area contributed by atoms with E-state index in [0.29, 0.717) is 56.1 Å². The number of nitrogens with two attached hydrogens (primary N) is 1. The summed E-state index contributed by atoms with van der Waals surface area (Å²) in [5.74, 6) is -0.0876. The van der Waals surface area contributed by atoms with Crippen LogP contribution in [-0.4, -0.2) is 85.3 Å². The van der Waals surface area contributed by atoms with Gasteiger partial charge in [0.05, 0.1) is 31.1 Å². The number of nitrogen functional groups attached to an aromatic ring is 1. The summed E-state index contributed by atoms with van der Waals surface area (Å²) in [5, 5.41) is 14.1. The molecule has 13 nitrogen and oxygen atoms in total. The lowest BCUT2D eigenvalue weighted by molar-refractivity contribution is -0.147. The fraction of sp³-hybridized carbons (Fsp3) is 0.786. The molecule has 0 saturated carbocycles. The summed E-state index contributed by atoms with van der Waals surface area (Å²) in [6, 6.07) is -0.667. The smallest absolute Gasteiger partial charge is 0.323 e. The minimum absolute atomic E-state index is 0.191. The van der Waals surface area contributed by atoms with Crippen LogP contribution in [0.1, 0.15) is 86.0 Å². The number of ether oxygens (including phenoxy) is 3. The Morgan fingerprint density at radius 3 is 2.60 bits per heavy atom. The highest BCUT2D eigenvalue weighted by atomic mass is 31.2. The van der Waals surface area contributed by atoms with Crippen molar-refractivity contribution in [2.75, 3.05) is 31.8 Å². The number of imidazole rings is 1. The molecule has 0 aromatic carbocycles. The van der Waals surface area contributed by atoms with E-state index >= 15 is 0 Å². The van der Waals surface area contributed by atoms with Crippen LogP contribution in [0.5, 0.6) is 0 Å². The van der Waals surface area contributed by atoms with Crippen LogP contribution >= 0.6 is 7.44 Å². The van der Waals surface area contributed by atoms with Gasteiger partial charge in [-0.1, -0.05) is 39.5 Å². The van der Waals surface area contributed by atoms with Gasteiger partial charge in [0.15, 0.2) is 17.8 Å². The highest BCUT2D eigenvalue weighted by Gasteiger charge is 2.47. The third kappa shape index (κ3) is 9.17. The summed E-state index contributed by atoms with van der Waals surface area (Å²) in [5.41, 5.74) is 5.91. The number of anilines is 1. The number of nitrogens with zero attached hydrogens (tertiary/aromatic N) is 5. The topological polar surface area (TPSA) is 167 Å². The van der Waals surface area contributed by atoms with Crippen molar-refractivity contribution in [1.29, 1.82) is 0 Å². The summed E-state index contributed by atoms with van der Waals surface area (Å²) in [7, 11) is -3.59. The summed E-state index contributed by atoms with van der Waals surface area (Å²) in [6.07, 6.45) is 8.05. The number of nitrogens with one attached hydrogen (secondary N) is 1. The molecular weight excluding hydrogens is 561 g/mol. The van der Waals surface area contributed by atoms with Crippen molar-refractivity contribution in [2.24, 2.45) is 0 Å². The van der Waals surface area contributed by atoms with Gasteiger partial charge in [0, 0.05) is 13.2 Å². The standard InChI is InChI=1S/C28H50N7O6P/c1-6-8-10-15-39-26(36)22-13-12-14-35(22)42(38,33-28(4,5)27(37)40-16-11-9-7-2)20-41-21(3)17-34-19-32-23-24(29)30-18-31-25(23)34/h18-19,21-22,27,37H,6-17,20H2,1-5H3,(H,33,38)(H2,29,30,31)/t21-,22-,27?,42+/m1/s1. The quantitative estimate of drug-likeness (QED) is 0.0904. The molecule has 0 aliphatic carbocycles. The van der Waals surface area contributed by atoms with Gasteiger partial charge in [-0.2, -0.15) is 0 Å². The largest absolute Gasteiger partial charge is 0.465 e. The number of carbonyl (C=O) groups is 1. The van der Waals surface area contributed by atoms with Gasteiger partial charge < -0.3 is 29.6 Å². The number of aliphatic hydroxyl groups excluding tert-OH is 1. The van der Waals surface area contributed by atoms with Crippen molar-refractivity contribution in [3.05, 3.63) is 12.7 Å². The SMILES string of the molecule is CCCCCOC(=O)[C@H]1CCCN1[P@](=O)(CO[C@H](C)Cn1cnc2c(N)ncnc21)NC(C)(C)C(O)OCCCCC. The van der Waals surface area contributed by atoms with E-state index in [4.69, 9.17) is 19.9 Å². The molecule has 42 heavy (non-hydrogen) atoms. The van der Waals surface area contributed by atoms with Crippen molar-refractivity contribution in [1.82, 2.24) is 29.3 Å². The van der Waals surface area contributed by atoms with Crippen molar-refractivity contribution in [3.8, 4) is 0 Å². The number of aromatic nitrogens is 4. The minimum Gasteiger partial charge on any atom is -0.465 e. The second-order valence-electron chi connectivity index (χ2n) is 11.6. The van der Waals surface area contributed by atoms with Crippen LogP contribution in [-0.2, 0) is 30.1 Å². The normalized spacial score (nSPS) is 19.1. The number of fused-ring (bicyclic) bond motifs is 1. The molecule has 2 aromatic heterocycles. The van der Waals surface area contributed by atoms with Gasteiger partial charge in [-0.15, -0.1) is 0 Å². The molecule has 2 aromatic rings. The van der Waals surface area contributed by atoms with Crippen LogP contribution in [0.25, 0.3) is 11.2 Å². The average Bonchev–Trinajstić information content (AvgIpc) is 3.61. The van der Waals surface area contributed by atoms with E-state index in [1.54, 1.807) is 29.4 Å². The zero-order valence-corrected chi connectivity index (χ0v) is 26.7. The molecule has 3 rings (SSSR count). The Bertz CT molecular complexity index is 1180. The maximum atomic E-state index is 14.8. The maximum absolute atomic E-state index is 14.8. The molecule has 1 saturated heterocycles. The maximum Gasteiger partial charge on any atom is 0.323 e. The van der Waals surface area contributed by atoms with Gasteiger partial charge >= 0.3 is 5.97 Å². The van der Waals surface area contributed by atoms with E-state index < -0.39 is 31.4 Å².